The smallest absolute Gasteiger partial charge is 0.323 e. The number of benzene rings is 3. The molecule has 3 aromatic rings. The van der Waals surface area contributed by atoms with Crippen LogP contribution in [0.25, 0.3) is 22.3 Å². The molecule has 11 heteroatoms. The van der Waals surface area contributed by atoms with E-state index in [0.29, 0.717) is 22.6 Å². The molecule has 44 heavy (non-hydrogen) atoms. The average molecular weight is 604 g/mol. The summed E-state index contributed by atoms with van der Waals surface area (Å²) in [5.41, 5.74) is 10.4. The molecule has 0 bridgehead atoms. The minimum absolute atomic E-state index is 0.0754. The summed E-state index contributed by atoms with van der Waals surface area (Å²) < 4.78 is 21.0. The number of primary amides is 1. The molecule has 3 aromatic carbocycles. The molecule has 1 unspecified atom stereocenters. The van der Waals surface area contributed by atoms with Crippen molar-refractivity contribution in [2.24, 2.45) is 17.1 Å². The molecule has 0 spiro atoms. The Hall–Kier alpha value is -4.77. The van der Waals surface area contributed by atoms with Crippen LogP contribution in [0.5, 0.6) is 5.75 Å². The van der Waals surface area contributed by atoms with Crippen molar-refractivity contribution in [1.82, 2.24) is 15.5 Å². The Labute approximate surface area is 256 Å². The van der Waals surface area contributed by atoms with E-state index in [1.165, 1.54) is 20.2 Å². The van der Waals surface area contributed by atoms with Crippen LogP contribution in [0.2, 0.25) is 0 Å². The highest BCUT2D eigenvalue weighted by Gasteiger charge is 2.36. The van der Waals surface area contributed by atoms with Gasteiger partial charge in [0.15, 0.2) is 0 Å². The van der Waals surface area contributed by atoms with Gasteiger partial charge in [0.05, 0.1) is 12.5 Å². The van der Waals surface area contributed by atoms with E-state index in [9.17, 15) is 19.2 Å². The second-order valence-electron chi connectivity index (χ2n) is 11.6. The number of amides is 5. The summed E-state index contributed by atoms with van der Waals surface area (Å²) in [5, 5.41) is 8.49. The van der Waals surface area contributed by atoms with Gasteiger partial charge in [-0.3, -0.25) is 19.3 Å². The van der Waals surface area contributed by atoms with Crippen molar-refractivity contribution < 1.29 is 28.3 Å². The first-order chi connectivity index (χ1) is 20.8. The fourth-order valence-corrected chi connectivity index (χ4v) is 5.16. The summed E-state index contributed by atoms with van der Waals surface area (Å²) >= 11 is 0. The maximum absolute atomic E-state index is 15.5. The molecule has 0 radical (unpaired) electrons. The first kappa shape index (κ1) is 32.2. The lowest BCUT2D eigenvalue weighted by Crippen LogP contribution is -2.56. The van der Waals surface area contributed by atoms with Gasteiger partial charge in [-0.25, -0.2) is 9.18 Å². The van der Waals surface area contributed by atoms with Gasteiger partial charge in [0.2, 0.25) is 17.7 Å². The van der Waals surface area contributed by atoms with Gasteiger partial charge in [-0.1, -0.05) is 30.3 Å². The number of halogens is 1. The van der Waals surface area contributed by atoms with Crippen molar-refractivity contribution in [3.63, 3.8) is 0 Å². The maximum atomic E-state index is 15.5. The van der Waals surface area contributed by atoms with Gasteiger partial charge in [0.1, 0.15) is 17.5 Å². The maximum Gasteiger partial charge on any atom is 0.323 e. The fraction of sp³-hybridized carbons (Fsp3) is 0.333. The summed E-state index contributed by atoms with van der Waals surface area (Å²) in [4.78, 5) is 49.8. The first-order valence-electron chi connectivity index (χ1n) is 14.2. The molecule has 5 amide bonds. The minimum Gasteiger partial charge on any atom is -0.496 e. The van der Waals surface area contributed by atoms with Gasteiger partial charge >= 0.3 is 6.03 Å². The van der Waals surface area contributed by atoms with E-state index in [0.717, 1.165) is 32.7 Å². The van der Waals surface area contributed by atoms with Crippen LogP contribution in [-0.2, 0) is 20.9 Å². The predicted molar refractivity (Wildman–Crippen MR) is 166 cm³/mol. The highest BCUT2D eigenvalue weighted by molar-refractivity contribution is 6.12. The number of imide groups is 1. The van der Waals surface area contributed by atoms with Crippen molar-refractivity contribution in [3.05, 3.63) is 71.0 Å². The standard InChI is InChI=1S/C33H38FN5O5/c1-18-21(20-13-26(34)24(28(14-20)44-6)15-36-17-33(3,4)31(35)42)9-7-10-22(18)23-11-8-12-27(19(23)2)38-29(40)25-16-37-32(43)39(5)30(25)41/h7-14,25,36H,15-17H2,1-6H3,(H2,35,42)(H,37,43)(H,38,40). The van der Waals surface area contributed by atoms with E-state index in [1.54, 1.807) is 26.0 Å². The number of ether oxygens (including phenoxy) is 1. The van der Waals surface area contributed by atoms with Gasteiger partial charge in [0.25, 0.3) is 0 Å². The van der Waals surface area contributed by atoms with E-state index in [4.69, 9.17) is 10.5 Å². The molecule has 10 nitrogen and oxygen atoms in total. The number of nitrogens with zero attached hydrogens (tertiary/aromatic N) is 1. The molecule has 1 aliphatic heterocycles. The van der Waals surface area contributed by atoms with Crippen LogP contribution in [0, 0.1) is 31.0 Å². The number of urea groups is 1. The Kier molecular flexibility index (Phi) is 9.39. The zero-order chi connectivity index (χ0) is 32.3. The Bertz CT molecular complexity index is 1640. The van der Waals surface area contributed by atoms with E-state index >= 15 is 4.39 Å². The lowest BCUT2D eigenvalue weighted by atomic mass is 9.90. The Morgan fingerprint density at radius 2 is 1.70 bits per heavy atom. The highest BCUT2D eigenvalue weighted by atomic mass is 19.1. The van der Waals surface area contributed by atoms with Gasteiger partial charge in [-0.2, -0.15) is 0 Å². The first-order valence-corrected chi connectivity index (χ1v) is 14.2. The van der Waals surface area contributed by atoms with Crippen LogP contribution in [0.1, 0.15) is 30.5 Å². The van der Waals surface area contributed by atoms with Crippen molar-refractivity contribution in [1.29, 1.82) is 0 Å². The van der Waals surface area contributed by atoms with Crippen molar-refractivity contribution in [2.75, 3.05) is 32.6 Å². The molecular formula is C33H38FN5O5. The monoisotopic (exact) mass is 603 g/mol. The second kappa shape index (κ2) is 12.8. The van der Waals surface area contributed by atoms with E-state index < -0.39 is 40.9 Å². The number of nitrogens with two attached hydrogens (primary N) is 1. The van der Waals surface area contributed by atoms with Crippen LogP contribution in [0.3, 0.4) is 0 Å². The summed E-state index contributed by atoms with van der Waals surface area (Å²) in [6, 6.07) is 13.9. The molecular weight excluding hydrogens is 565 g/mol. The Morgan fingerprint density at radius 3 is 2.36 bits per heavy atom. The number of anilines is 1. The van der Waals surface area contributed by atoms with Crippen molar-refractivity contribution >= 4 is 29.4 Å². The predicted octanol–water partition coefficient (Wildman–Crippen LogP) is 4.12. The highest BCUT2D eigenvalue weighted by Crippen LogP contribution is 2.38. The number of methoxy groups -OCH3 is 1. The van der Waals surface area contributed by atoms with Gasteiger partial charge in [0, 0.05) is 37.9 Å². The normalized spacial score (nSPS) is 15.2. The van der Waals surface area contributed by atoms with Gasteiger partial charge in [-0.05, 0) is 79.3 Å². The third-order valence-corrected chi connectivity index (χ3v) is 8.14. The largest absolute Gasteiger partial charge is 0.496 e. The molecule has 5 N–H and O–H groups in total. The summed E-state index contributed by atoms with van der Waals surface area (Å²) in [6.45, 7) is 7.61. The van der Waals surface area contributed by atoms with Crippen LogP contribution >= 0.6 is 0 Å². The number of rotatable bonds is 10. The third kappa shape index (κ3) is 6.42. The topological polar surface area (TPSA) is 143 Å². The lowest BCUT2D eigenvalue weighted by Gasteiger charge is -2.28. The van der Waals surface area contributed by atoms with Crippen LogP contribution in [-0.4, -0.2) is 55.9 Å². The quantitative estimate of drug-likeness (QED) is 0.257. The van der Waals surface area contributed by atoms with Crippen LogP contribution in [0.15, 0.2) is 48.5 Å². The number of carbonyl (C=O) groups is 4. The molecule has 1 atom stereocenters. The molecule has 232 valence electrons. The Balaban J connectivity index is 1.62. The number of nitrogens with one attached hydrogen (secondary N) is 3. The minimum atomic E-state index is -1.04. The zero-order valence-corrected chi connectivity index (χ0v) is 25.8. The summed E-state index contributed by atoms with van der Waals surface area (Å²) in [6.07, 6.45) is 0. The molecule has 0 saturated carbocycles. The molecule has 4 rings (SSSR count). The number of hydrogen-bond acceptors (Lipinski definition) is 6. The summed E-state index contributed by atoms with van der Waals surface area (Å²) in [5.74, 6) is -2.65. The van der Waals surface area contributed by atoms with Crippen molar-refractivity contribution in [3.8, 4) is 28.0 Å². The molecule has 1 fully saturated rings. The third-order valence-electron chi connectivity index (χ3n) is 8.14. The van der Waals surface area contributed by atoms with E-state index in [1.807, 2.05) is 44.2 Å². The molecule has 1 saturated heterocycles. The fourth-order valence-electron chi connectivity index (χ4n) is 5.16. The van der Waals surface area contributed by atoms with Crippen LogP contribution < -0.4 is 26.4 Å². The molecule has 1 heterocycles. The summed E-state index contributed by atoms with van der Waals surface area (Å²) in [7, 11) is 2.81. The zero-order valence-electron chi connectivity index (χ0n) is 25.8. The van der Waals surface area contributed by atoms with Gasteiger partial charge < -0.3 is 26.4 Å². The number of carbonyl (C=O) groups excluding carboxylic acids is 4. The van der Waals surface area contributed by atoms with Gasteiger partial charge in [-0.15, -0.1) is 0 Å². The second-order valence-corrected chi connectivity index (χ2v) is 11.6. The SMILES string of the molecule is COc1cc(-c2cccc(-c3cccc(NC(=O)C4CNC(=O)N(C)C4=O)c3C)c2C)cc(F)c1CNCC(C)(C)C(N)=O. The molecule has 0 aliphatic carbocycles. The van der Waals surface area contributed by atoms with E-state index in [-0.39, 0.29) is 19.6 Å². The van der Waals surface area contributed by atoms with Crippen molar-refractivity contribution in [2.45, 2.75) is 34.2 Å². The molecule has 0 aromatic heterocycles. The number of hydrogen-bond donors (Lipinski definition) is 4. The lowest BCUT2D eigenvalue weighted by molar-refractivity contribution is -0.138. The van der Waals surface area contributed by atoms with E-state index in [2.05, 4.69) is 16.0 Å². The van der Waals surface area contributed by atoms with Crippen LogP contribution in [0.4, 0.5) is 14.9 Å². The Morgan fingerprint density at radius 1 is 1.07 bits per heavy atom. The molecule has 1 aliphatic rings. The average Bonchev–Trinajstić information content (AvgIpc) is 2.97.